The van der Waals surface area contributed by atoms with Gasteiger partial charge in [0, 0.05) is 5.92 Å². The Hall–Kier alpha value is -0.110. The zero-order valence-corrected chi connectivity index (χ0v) is 6.36. The van der Waals surface area contributed by atoms with Gasteiger partial charge in [0.05, 0.1) is 13.2 Å². The molecule has 0 amide bonds. The smallest absolute Gasteiger partial charge is 0.128 e. The van der Waals surface area contributed by atoms with Crippen molar-refractivity contribution in [3.05, 3.63) is 0 Å². The van der Waals surface area contributed by atoms with Gasteiger partial charge in [-0.05, 0) is 0 Å². The van der Waals surface area contributed by atoms with Crippen LogP contribution in [0.3, 0.4) is 0 Å². The van der Waals surface area contributed by atoms with Crippen LogP contribution in [0.2, 0.25) is 0 Å². The Morgan fingerprint density at radius 1 is 1.33 bits per heavy atom. The summed E-state index contributed by atoms with van der Waals surface area (Å²) in [7, 11) is 0. The molecule has 1 aliphatic rings. The first kappa shape index (κ1) is 8.89. The number of halogens is 1. The number of hydrogen-bond acceptors (Lipinski definition) is 1. The van der Waals surface area contributed by atoms with E-state index in [0.717, 1.165) is 0 Å². The van der Waals surface area contributed by atoms with Gasteiger partial charge >= 0.3 is 0 Å². The Morgan fingerprint density at radius 2 is 1.89 bits per heavy atom. The minimum Gasteiger partial charge on any atom is -0.378 e. The van der Waals surface area contributed by atoms with Crippen molar-refractivity contribution >= 4 is 0 Å². The van der Waals surface area contributed by atoms with Gasteiger partial charge in [0.25, 0.3) is 0 Å². The number of rotatable bonds is 0. The highest BCUT2D eigenvalue weighted by Crippen LogP contribution is 2.14. The van der Waals surface area contributed by atoms with Crippen molar-refractivity contribution in [2.24, 2.45) is 5.92 Å². The minimum atomic E-state index is -0.708. The lowest BCUT2D eigenvalue weighted by Crippen LogP contribution is -2.07. The molecule has 2 heteroatoms. The van der Waals surface area contributed by atoms with E-state index in [4.69, 9.17) is 4.74 Å². The average molecular weight is 134 g/mol. The maximum Gasteiger partial charge on any atom is 0.128 e. The molecule has 1 saturated heterocycles. The summed E-state index contributed by atoms with van der Waals surface area (Å²) in [5, 5.41) is 0. The highest BCUT2D eigenvalue weighted by atomic mass is 19.1. The molecule has 1 rings (SSSR count). The SMILES string of the molecule is CC.CC1COCC1F. The van der Waals surface area contributed by atoms with Crippen molar-refractivity contribution < 1.29 is 9.13 Å². The Labute approximate surface area is 56.2 Å². The summed E-state index contributed by atoms with van der Waals surface area (Å²) in [6, 6.07) is 0. The Balaban J connectivity index is 0.000000291. The van der Waals surface area contributed by atoms with Gasteiger partial charge in [0.2, 0.25) is 0 Å². The summed E-state index contributed by atoms with van der Waals surface area (Å²) in [6.07, 6.45) is -0.708. The first-order chi connectivity index (χ1) is 4.30. The van der Waals surface area contributed by atoms with Gasteiger partial charge in [-0.3, -0.25) is 0 Å². The molecule has 1 nitrogen and oxygen atoms in total. The normalized spacial score (nSPS) is 33.3. The van der Waals surface area contributed by atoms with Crippen LogP contribution in [0, 0.1) is 5.92 Å². The van der Waals surface area contributed by atoms with E-state index in [0.29, 0.717) is 13.2 Å². The second kappa shape index (κ2) is 4.74. The first-order valence-electron chi connectivity index (χ1n) is 3.52. The van der Waals surface area contributed by atoms with E-state index in [-0.39, 0.29) is 5.92 Å². The minimum absolute atomic E-state index is 0.125. The maximum atomic E-state index is 12.2. The van der Waals surface area contributed by atoms with E-state index in [2.05, 4.69) is 0 Å². The van der Waals surface area contributed by atoms with Crippen molar-refractivity contribution in [1.29, 1.82) is 0 Å². The van der Waals surface area contributed by atoms with Crippen molar-refractivity contribution in [1.82, 2.24) is 0 Å². The number of hydrogen-bond donors (Lipinski definition) is 0. The maximum absolute atomic E-state index is 12.2. The van der Waals surface area contributed by atoms with E-state index in [1.807, 2.05) is 20.8 Å². The predicted octanol–water partition coefficient (Wildman–Crippen LogP) is 2.02. The molecular formula is C7H15FO. The molecule has 56 valence electrons. The van der Waals surface area contributed by atoms with Crippen LogP contribution in [0.1, 0.15) is 20.8 Å². The van der Waals surface area contributed by atoms with Gasteiger partial charge in [-0.25, -0.2) is 4.39 Å². The first-order valence-corrected chi connectivity index (χ1v) is 3.52. The molecule has 1 fully saturated rings. The van der Waals surface area contributed by atoms with Crippen LogP contribution >= 0.6 is 0 Å². The second-order valence-corrected chi connectivity index (χ2v) is 2.03. The molecule has 2 unspecified atom stereocenters. The second-order valence-electron chi connectivity index (χ2n) is 2.03. The lowest BCUT2D eigenvalue weighted by molar-refractivity contribution is 0.172. The molecule has 0 aromatic heterocycles. The highest BCUT2D eigenvalue weighted by Gasteiger charge is 2.22. The fraction of sp³-hybridized carbons (Fsp3) is 1.00. The molecule has 0 aliphatic carbocycles. The fourth-order valence-corrected chi connectivity index (χ4v) is 0.635. The van der Waals surface area contributed by atoms with Crippen molar-refractivity contribution in [3.63, 3.8) is 0 Å². The Bertz CT molecular complexity index is 57.9. The molecule has 0 N–H and O–H groups in total. The van der Waals surface area contributed by atoms with Gasteiger partial charge in [0.1, 0.15) is 6.17 Å². The topological polar surface area (TPSA) is 9.23 Å². The fourth-order valence-electron chi connectivity index (χ4n) is 0.635. The molecule has 0 aromatic rings. The molecule has 0 spiro atoms. The lowest BCUT2D eigenvalue weighted by Gasteiger charge is -1.97. The quantitative estimate of drug-likeness (QED) is 0.492. The van der Waals surface area contributed by atoms with Gasteiger partial charge in [-0.2, -0.15) is 0 Å². The van der Waals surface area contributed by atoms with Gasteiger partial charge in [-0.1, -0.05) is 20.8 Å². The number of alkyl halides is 1. The van der Waals surface area contributed by atoms with E-state index >= 15 is 0 Å². The molecule has 0 radical (unpaired) electrons. The van der Waals surface area contributed by atoms with E-state index in [9.17, 15) is 4.39 Å². The molecule has 1 aliphatic heterocycles. The lowest BCUT2D eigenvalue weighted by atomic mass is 10.1. The van der Waals surface area contributed by atoms with Crippen LogP contribution in [-0.2, 0) is 4.74 Å². The molecule has 9 heavy (non-hydrogen) atoms. The third-order valence-corrected chi connectivity index (χ3v) is 1.28. The largest absolute Gasteiger partial charge is 0.378 e. The molecule has 0 saturated carbocycles. The van der Waals surface area contributed by atoms with Crippen molar-refractivity contribution in [2.45, 2.75) is 26.9 Å². The third kappa shape index (κ3) is 2.80. The summed E-state index contributed by atoms with van der Waals surface area (Å²) in [5.74, 6) is 0.125. The summed E-state index contributed by atoms with van der Waals surface area (Å²) in [6.45, 7) is 6.76. The van der Waals surface area contributed by atoms with Crippen LogP contribution in [0.5, 0.6) is 0 Å². The van der Waals surface area contributed by atoms with Gasteiger partial charge in [-0.15, -0.1) is 0 Å². The molecule has 2 atom stereocenters. The monoisotopic (exact) mass is 134 g/mol. The van der Waals surface area contributed by atoms with Crippen LogP contribution in [0.4, 0.5) is 4.39 Å². The van der Waals surface area contributed by atoms with Crippen LogP contribution in [-0.4, -0.2) is 19.4 Å². The van der Waals surface area contributed by atoms with Gasteiger partial charge in [0.15, 0.2) is 0 Å². The van der Waals surface area contributed by atoms with Crippen molar-refractivity contribution in [3.8, 4) is 0 Å². The average Bonchev–Trinajstić information content (AvgIpc) is 2.23. The van der Waals surface area contributed by atoms with Crippen LogP contribution in [0.25, 0.3) is 0 Å². The van der Waals surface area contributed by atoms with Crippen LogP contribution in [0.15, 0.2) is 0 Å². The zero-order valence-electron chi connectivity index (χ0n) is 6.36. The predicted molar refractivity (Wildman–Crippen MR) is 36.2 cm³/mol. The molecule has 0 bridgehead atoms. The summed E-state index contributed by atoms with van der Waals surface area (Å²) in [4.78, 5) is 0. The Morgan fingerprint density at radius 3 is 2.00 bits per heavy atom. The summed E-state index contributed by atoms with van der Waals surface area (Å²) >= 11 is 0. The molecule has 0 aromatic carbocycles. The van der Waals surface area contributed by atoms with Crippen LogP contribution < -0.4 is 0 Å². The molecular weight excluding hydrogens is 119 g/mol. The summed E-state index contributed by atoms with van der Waals surface area (Å²) < 4.78 is 17.0. The van der Waals surface area contributed by atoms with Gasteiger partial charge < -0.3 is 4.74 Å². The number of ether oxygens (including phenoxy) is 1. The van der Waals surface area contributed by atoms with E-state index < -0.39 is 6.17 Å². The van der Waals surface area contributed by atoms with E-state index in [1.165, 1.54) is 0 Å². The highest BCUT2D eigenvalue weighted by molar-refractivity contribution is 4.68. The Kier molecular flexibility index (Phi) is 4.68. The summed E-state index contributed by atoms with van der Waals surface area (Å²) in [5.41, 5.74) is 0. The van der Waals surface area contributed by atoms with Crippen molar-refractivity contribution in [2.75, 3.05) is 13.2 Å². The standard InChI is InChI=1S/C5H9FO.C2H6/c1-4-2-7-3-5(4)6;1-2/h4-5H,2-3H2,1H3;1-2H3. The van der Waals surface area contributed by atoms with E-state index in [1.54, 1.807) is 0 Å². The molecule has 1 heterocycles. The third-order valence-electron chi connectivity index (χ3n) is 1.28. The zero-order chi connectivity index (χ0) is 7.28.